The van der Waals surface area contributed by atoms with Crippen molar-refractivity contribution in [1.29, 1.82) is 0 Å². The van der Waals surface area contributed by atoms with Gasteiger partial charge in [0.05, 0.1) is 0 Å². The molecule has 2 aromatic carbocycles. The summed E-state index contributed by atoms with van der Waals surface area (Å²) in [6.07, 6.45) is 0. The van der Waals surface area contributed by atoms with Crippen LogP contribution in [0.1, 0.15) is 27.2 Å². The first-order chi connectivity index (χ1) is 10.5. The molecule has 3 nitrogen and oxygen atoms in total. The zero-order valence-electron chi connectivity index (χ0n) is 12.5. The standard InChI is InChI=1S/C18H17FN2O/c1-11-7-12(2)15-9-17(21-16(15)8-11)18(22)20-10-13-3-5-14(19)6-4-13/h3-9,21H,10H2,1-2H3,(H,20,22). The molecule has 0 spiro atoms. The van der Waals surface area contributed by atoms with Crippen molar-refractivity contribution in [1.82, 2.24) is 10.3 Å². The number of nitrogens with one attached hydrogen (secondary N) is 2. The number of rotatable bonds is 3. The molecule has 2 N–H and O–H groups in total. The average molecular weight is 296 g/mol. The smallest absolute Gasteiger partial charge is 0.267 e. The molecule has 0 unspecified atom stereocenters. The van der Waals surface area contributed by atoms with Gasteiger partial charge >= 0.3 is 0 Å². The maximum Gasteiger partial charge on any atom is 0.267 e. The van der Waals surface area contributed by atoms with Gasteiger partial charge in [-0.3, -0.25) is 4.79 Å². The van der Waals surface area contributed by atoms with Crippen molar-refractivity contribution in [3.05, 3.63) is 70.7 Å². The number of hydrogen-bond donors (Lipinski definition) is 2. The molecule has 1 heterocycles. The molecule has 0 saturated heterocycles. The number of hydrogen-bond acceptors (Lipinski definition) is 1. The molecular weight excluding hydrogens is 279 g/mol. The van der Waals surface area contributed by atoms with E-state index in [1.54, 1.807) is 12.1 Å². The molecule has 0 radical (unpaired) electrons. The fourth-order valence-corrected chi connectivity index (χ4v) is 2.60. The minimum atomic E-state index is -0.281. The Bertz CT molecular complexity index is 834. The van der Waals surface area contributed by atoms with E-state index in [9.17, 15) is 9.18 Å². The summed E-state index contributed by atoms with van der Waals surface area (Å²) in [5.41, 5.74) is 4.65. The van der Waals surface area contributed by atoms with Crippen molar-refractivity contribution >= 4 is 16.8 Å². The zero-order valence-corrected chi connectivity index (χ0v) is 12.5. The van der Waals surface area contributed by atoms with Crippen molar-refractivity contribution in [3.8, 4) is 0 Å². The fraction of sp³-hybridized carbons (Fsp3) is 0.167. The van der Waals surface area contributed by atoms with Crippen LogP contribution < -0.4 is 5.32 Å². The number of aromatic nitrogens is 1. The molecule has 3 aromatic rings. The highest BCUT2D eigenvalue weighted by atomic mass is 19.1. The number of fused-ring (bicyclic) bond motifs is 1. The fourth-order valence-electron chi connectivity index (χ4n) is 2.60. The molecule has 4 heteroatoms. The number of carbonyl (C=O) groups is 1. The van der Waals surface area contributed by atoms with Crippen molar-refractivity contribution in [3.63, 3.8) is 0 Å². The van der Waals surface area contributed by atoms with Crippen LogP contribution in [0.4, 0.5) is 4.39 Å². The molecule has 112 valence electrons. The maximum atomic E-state index is 12.8. The van der Waals surface area contributed by atoms with E-state index in [0.717, 1.165) is 27.6 Å². The van der Waals surface area contributed by atoms with Crippen LogP contribution in [0.3, 0.4) is 0 Å². The van der Waals surface area contributed by atoms with E-state index in [2.05, 4.69) is 16.4 Å². The van der Waals surface area contributed by atoms with Gasteiger partial charge in [0.1, 0.15) is 11.5 Å². The van der Waals surface area contributed by atoms with Gasteiger partial charge in [-0.2, -0.15) is 0 Å². The normalized spacial score (nSPS) is 10.9. The highest BCUT2D eigenvalue weighted by Crippen LogP contribution is 2.21. The average Bonchev–Trinajstić information content (AvgIpc) is 2.90. The van der Waals surface area contributed by atoms with E-state index in [-0.39, 0.29) is 11.7 Å². The Balaban J connectivity index is 1.77. The Labute approximate surface area is 128 Å². The van der Waals surface area contributed by atoms with Crippen LogP contribution in [0.2, 0.25) is 0 Å². The first-order valence-corrected chi connectivity index (χ1v) is 7.15. The van der Waals surface area contributed by atoms with Gasteiger partial charge in [-0.1, -0.05) is 18.2 Å². The van der Waals surface area contributed by atoms with E-state index in [1.165, 1.54) is 12.1 Å². The second-order valence-corrected chi connectivity index (χ2v) is 5.54. The summed E-state index contributed by atoms with van der Waals surface area (Å²) in [5.74, 6) is -0.450. The summed E-state index contributed by atoms with van der Waals surface area (Å²) in [4.78, 5) is 15.4. The van der Waals surface area contributed by atoms with Crippen molar-refractivity contribution in [2.75, 3.05) is 0 Å². The summed E-state index contributed by atoms with van der Waals surface area (Å²) in [5, 5.41) is 3.89. The predicted molar refractivity (Wildman–Crippen MR) is 85.3 cm³/mol. The lowest BCUT2D eigenvalue weighted by Gasteiger charge is -2.03. The van der Waals surface area contributed by atoms with Crippen LogP contribution in [-0.4, -0.2) is 10.9 Å². The lowest BCUT2D eigenvalue weighted by Crippen LogP contribution is -2.23. The molecule has 22 heavy (non-hydrogen) atoms. The van der Waals surface area contributed by atoms with E-state index in [4.69, 9.17) is 0 Å². The van der Waals surface area contributed by atoms with Gasteiger partial charge in [0.15, 0.2) is 0 Å². The number of H-pyrrole nitrogens is 1. The van der Waals surface area contributed by atoms with E-state index >= 15 is 0 Å². The van der Waals surface area contributed by atoms with Crippen LogP contribution >= 0.6 is 0 Å². The minimum Gasteiger partial charge on any atom is -0.351 e. The first-order valence-electron chi connectivity index (χ1n) is 7.15. The third kappa shape index (κ3) is 2.86. The summed E-state index contributed by atoms with van der Waals surface area (Å²) in [6, 6.07) is 12.1. The Morgan fingerprint density at radius 2 is 1.86 bits per heavy atom. The van der Waals surface area contributed by atoms with Crippen LogP contribution in [0.25, 0.3) is 10.9 Å². The van der Waals surface area contributed by atoms with Gasteiger partial charge in [-0.05, 0) is 54.8 Å². The highest BCUT2D eigenvalue weighted by molar-refractivity contribution is 5.98. The van der Waals surface area contributed by atoms with Gasteiger partial charge in [0, 0.05) is 17.4 Å². The maximum absolute atomic E-state index is 12.8. The van der Waals surface area contributed by atoms with Crippen LogP contribution in [0.15, 0.2) is 42.5 Å². The molecule has 0 atom stereocenters. The number of aryl methyl sites for hydroxylation is 2. The third-order valence-electron chi connectivity index (χ3n) is 3.70. The molecule has 0 aliphatic carbocycles. The van der Waals surface area contributed by atoms with E-state index in [0.29, 0.717) is 12.2 Å². The Morgan fingerprint density at radius 1 is 1.14 bits per heavy atom. The van der Waals surface area contributed by atoms with Gasteiger partial charge in [0.2, 0.25) is 0 Å². The number of benzene rings is 2. The number of carbonyl (C=O) groups excluding carboxylic acids is 1. The third-order valence-corrected chi connectivity index (χ3v) is 3.70. The second kappa shape index (κ2) is 5.64. The first kappa shape index (κ1) is 14.3. The second-order valence-electron chi connectivity index (χ2n) is 5.54. The SMILES string of the molecule is Cc1cc(C)c2cc(C(=O)NCc3ccc(F)cc3)[nH]c2c1. The quantitative estimate of drug-likeness (QED) is 0.757. The van der Waals surface area contributed by atoms with Crippen LogP contribution in [0, 0.1) is 19.7 Å². The van der Waals surface area contributed by atoms with Gasteiger partial charge in [-0.15, -0.1) is 0 Å². The summed E-state index contributed by atoms with van der Waals surface area (Å²) >= 11 is 0. The summed E-state index contributed by atoms with van der Waals surface area (Å²) < 4.78 is 12.8. The molecule has 0 fully saturated rings. The molecule has 1 amide bonds. The number of aromatic amines is 1. The molecule has 0 aliphatic rings. The zero-order chi connectivity index (χ0) is 15.7. The summed E-state index contributed by atoms with van der Waals surface area (Å²) in [6.45, 7) is 4.43. The highest BCUT2D eigenvalue weighted by Gasteiger charge is 2.10. The molecule has 0 aliphatic heterocycles. The minimum absolute atomic E-state index is 0.169. The molecule has 0 saturated carbocycles. The Kier molecular flexibility index (Phi) is 3.67. The Hall–Kier alpha value is -2.62. The van der Waals surface area contributed by atoms with Crippen molar-refractivity contribution in [2.45, 2.75) is 20.4 Å². The summed E-state index contributed by atoms with van der Waals surface area (Å²) in [7, 11) is 0. The monoisotopic (exact) mass is 296 g/mol. The largest absolute Gasteiger partial charge is 0.351 e. The van der Waals surface area contributed by atoms with Crippen molar-refractivity contribution < 1.29 is 9.18 Å². The number of amides is 1. The van der Waals surface area contributed by atoms with E-state index < -0.39 is 0 Å². The van der Waals surface area contributed by atoms with Gasteiger partial charge in [0.25, 0.3) is 5.91 Å². The van der Waals surface area contributed by atoms with Crippen LogP contribution in [-0.2, 0) is 6.54 Å². The van der Waals surface area contributed by atoms with Gasteiger partial charge < -0.3 is 10.3 Å². The lowest BCUT2D eigenvalue weighted by atomic mass is 10.1. The van der Waals surface area contributed by atoms with Crippen molar-refractivity contribution in [2.24, 2.45) is 0 Å². The molecular formula is C18H17FN2O. The van der Waals surface area contributed by atoms with Gasteiger partial charge in [-0.25, -0.2) is 4.39 Å². The predicted octanol–water partition coefficient (Wildman–Crippen LogP) is 3.85. The lowest BCUT2D eigenvalue weighted by molar-refractivity contribution is 0.0947. The topological polar surface area (TPSA) is 44.9 Å². The Morgan fingerprint density at radius 3 is 2.59 bits per heavy atom. The number of halogens is 1. The van der Waals surface area contributed by atoms with E-state index in [1.807, 2.05) is 26.0 Å². The molecule has 3 rings (SSSR count). The molecule has 1 aromatic heterocycles. The van der Waals surface area contributed by atoms with Crippen LogP contribution in [0.5, 0.6) is 0 Å². The molecule has 0 bridgehead atoms.